The number of morpholine rings is 1. The number of aromatic nitrogens is 2. The second kappa shape index (κ2) is 9.31. The second-order valence-electron chi connectivity index (χ2n) is 7.96. The van der Waals surface area contributed by atoms with Crippen molar-refractivity contribution in [2.24, 2.45) is 0 Å². The maximum Gasteiger partial charge on any atom is 0.254 e. The summed E-state index contributed by atoms with van der Waals surface area (Å²) in [6.45, 7) is 7.75. The molecule has 7 heteroatoms. The SMILES string of the molecule is CCc1ccc(-c2noc(CNc3ccc(C(=O)N4CC(C)OC(C)C4)cc3)n2)cc1. The lowest BCUT2D eigenvalue weighted by atomic mass is 10.1. The van der Waals surface area contributed by atoms with E-state index in [1.165, 1.54) is 5.56 Å². The molecule has 4 rings (SSSR count). The van der Waals surface area contributed by atoms with E-state index in [0.29, 0.717) is 36.9 Å². The van der Waals surface area contributed by atoms with Crippen molar-refractivity contribution in [3.63, 3.8) is 0 Å². The van der Waals surface area contributed by atoms with Crippen LogP contribution in [-0.4, -0.2) is 46.2 Å². The zero-order chi connectivity index (χ0) is 21.8. The Bertz CT molecular complexity index is 1000. The molecule has 1 amide bonds. The number of rotatable bonds is 6. The number of carbonyl (C=O) groups is 1. The lowest BCUT2D eigenvalue weighted by molar-refractivity contribution is -0.0586. The first-order valence-electron chi connectivity index (χ1n) is 10.7. The number of carbonyl (C=O) groups excluding carboxylic acids is 1. The van der Waals surface area contributed by atoms with Crippen LogP contribution in [0.1, 0.15) is 42.6 Å². The topological polar surface area (TPSA) is 80.5 Å². The van der Waals surface area contributed by atoms with Gasteiger partial charge in [0.15, 0.2) is 0 Å². The molecule has 0 bridgehead atoms. The molecule has 31 heavy (non-hydrogen) atoms. The largest absolute Gasteiger partial charge is 0.376 e. The first-order valence-corrected chi connectivity index (χ1v) is 10.7. The van der Waals surface area contributed by atoms with Gasteiger partial charge in [-0.2, -0.15) is 4.98 Å². The number of benzene rings is 2. The monoisotopic (exact) mass is 420 g/mol. The Hall–Kier alpha value is -3.19. The Labute approximate surface area is 182 Å². The molecule has 1 fully saturated rings. The Morgan fingerprint density at radius 2 is 1.74 bits per heavy atom. The molecule has 3 aromatic rings. The van der Waals surface area contributed by atoms with Crippen LogP contribution in [0, 0.1) is 0 Å². The number of hydrogen-bond donors (Lipinski definition) is 1. The fourth-order valence-corrected chi connectivity index (χ4v) is 3.77. The molecule has 1 N–H and O–H groups in total. The van der Waals surface area contributed by atoms with E-state index >= 15 is 0 Å². The van der Waals surface area contributed by atoms with E-state index in [2.05, 4.69) is 34.5 Å². The van der Waals surface area contributed by atoms with Crippen molar-refractivity contribution in [1.82, 2.24) is 15.0 Å². The molecule has 0 spiro atoms. The number of aryl methyl sites for hydroxylation is 1. The molecule has 1 saturated heterocycles. The van der Waals surface area contributed by atoms with E-state index in [1.807, 2.05) is 55.1 Å². The van der Waals surface area contributed by atoms with Crippen LogP contribution in [0.3, 0.4) is 0 Å². The predicted octanol–water partition coefficient (Wildman–Crippen LogP) is 4.16. The lowest BCUT2D eigenvalue weighted by Crippen LogP contribution is -2.48. The van der Waals surface area contributed by atoms with Crippen LogP contribution >= 0.6 is 0 Å². The molecule has 1 aliphatic rings. The van der Waals surface area contributed by atoms with E-state index in [4.69, 9.17) is 9.26 Å². The fourth-order valence-electron chi connectivity index (χ4n) is 3.77. The van der Waals surface area contributed by atoms with Crippen molar-refractivity contribution in [2.45, 2.75) is 45.9 Å². The van der Waals surface area contributed by atoms with Gasteiger partial charge in [-0.05, 0) is 50.1 Å². The van der Waals surface area contributed by atoms with Gasteiger partial charge in [-0.1, -0.05) is 36.3 Å². The van der Waals surface area contributed by atoms with Crippen molar-refractivity contribution in [1.29, 1.82) is 0 Å². The Balaban J connectivity index is 1.34. The number of amides is 1. The third-order valence-corrected chi connectivity index (χ3v) is 5.37. The highest BCUT2D eigenvalue weighted by atomic mass is 16.5. The van der Waals surface area contributed by atoms with Gasteiger partial charge in [-0.15, -0.1) is 0 Å². The first-order chi connectivity index (χ1) is 15.0. The maximum atomic E-state index is 12.8. The zero-order valence-electron chi connectivity index (χ0n) is 18.2. The zero-order valence-corrected chi connectivity index (χ0v) is 18.2. The smallest absolute Gasteiger partial charge is 0.254 e. The normalized spacial score (nSPS) is 18.7. The fraction of sp³-hybridized carbons (Fsp3) is 0.375. The van der Waals surface area contributed by atoms with Crippen molar-refractivity contribution in [3.05, 3.63) is 65.5 Å². The number of nitrogens with one attached hydrogen (secondary N) is 1. The molecular formula is C24H28N4O3. The molecule has 2 heterocycles. The highest BCUT2D eigenvalue weighted by molar-refractivity contribution is 5.94. The van der Waals surface area contributed by atoms with Crippen molar-refractivity contribution in [2.75, 3.05) is 18.4 Å². The van der Waals surface area contributed by atoms with Crippen molar-refractivity contribution in [3.8, 4) is 11.4 Å². The van der Waals surface area contributed by atoms with Crippen LogP contribution in [0.2, 0.25) is 0 Å². The van der Waals surface area contributed by atoms with Gasteiger partial charge >= 0.3 is 0 Å². The predicted molar refractivity (Wildman–Crippen MR) is 119 cm³/mol. The van der Waals surface area contributed by atoms with Gasteiger partial charge in [0.2, 0.25) is 11.7 Å². The second-order valence-corrected chi connectivity index (χ2v) is 7.96. The number of nitrogens with zero attached hydrogens (tertiary/aromatic N) is 3. The molecule has 2 aromatic carbocycles. The minimum Gasteiger partial charge on any atom is -0.376 e. The minimum absolute atomic E-state index is 0.0317. The molecule has 0 aliphatic carbocycles. The molecule has 1 aromatic heterocycles. The molecule has 2 unspecified atom stereocenters. The van der Waals surface area contributed by atoms with Gasteiger partial charge in [0.1, 0.15) is 0 Å². The summed E-state index contributed by atoms with van der Waals surface area (Å²) in [7, 11) is 0. The van der Waals surface area contributed by atoms with Crippen molar-refractivity contribution < 1.29 is 14.1 Å². The van der Waals surface area contributed by atoms with Crippen LogP contribution in [-0.2, 0) is 17.7 Å². The summed E-state index contributed by atoms with van der Waals surface area (Å²) >= 11 is 0. The van der Waals surface area contributed by atoms with Gasteiger partial charge in [0.05, 0.1) is 18.8 Å². The Morgan fingerprint density at radius 3 is 2.39 bits per heavy atom. The van der Waals surface area contributed by atoms with Crippen LogP contribution in [0.25, 0.3) is 11.4 Å². The van der Waals surface area contributed by atoms with Gasteiger partial charge in [0.25, 0.3) is 5.91 Å². The molecule has 1 aliphatic heterocycles. The van der Waals surface area contributed by atoms with Crippen LogP contribution < -0.4 is 5.32 Å². The van der Waals surface area contributed by atoms with Gasteiger partial charge < -0.3 is 19.5 Å². The van der Waals surface area contributed by atoms with E-state index in [-0.39, 0.29) is 18.1 Å². The molecule has 162 valence electrons. The highest BCUT2D eigenvalue weighted by Gasteiger charge is 2.26. The average Bonchev–Trinajstić information content (AvgIpc) is 3.26. The van der Waals surface area contributed by atoms with E-state index in [9.17, 15) is 4.79 Å². The van der Waals surface area contributed by atoms with Crippen LogP contribution in [0.15, 0.2) is 53.1 Å². The third-order valence-electron chi connectivity index (χ3n) is 5.37. The standard InChI is InChI=1S/C24H28N4O3/c1-4-18-5-7-19(8-6-18)23-26-22(31-27-23)13-25-21-11-9-20(10-12-21)24(29)28-14-16(2)30-17(3)15-28/h5-12,16-17,25H,4,13-15H2,1-3H3. The van der Waals surface area contributed by atoms with Gasteiger partial charge in [-0.25, -0.2) is 0 Å². The summed E-state index contributed by atoms with van der Waals surface area (Å²) < 4.78 is 11.1. The maximum absolute atomic E-state index is 12.8. The molecule has 0 radical (unpaired) electrons. The van der Waals surface area contributed by atoms with E-state index < -0.39 is 0 Å². The minimum atomic E-state index is 0.0317. The summed E-state index contributed by atoms with van der Waals surface area (Å²) in [6, 6.07) is 15.6. The average molecular weight is 421 g/mol. The van der Waals surface area contributed by atoms with E-state index in [1.54, 1.807) is 0 Å². The molecule has 7 nitrogen and oxygen atoms in total. The Kier molecular flexibility index (Phi) is 6.32. The summed E-state index contributed by atoms with van der Waals surface area (Å²) in [5.74, 6) is 1.12. The van der Waals surface area contributed by atoms with E-state index in [0.717, 1.165) is 17.7 Å². The van der Waals surface area contributed by atoms with Crippen LogP contribution in [0.4, 0.5) is 5.69 Å². The van der Waals surface area contributed by atoms with Gasteiger partial charge in [-0.3, -0.25) is 4.79 Å². The summed E-state index contributed by atoms with van der Waals surface area (Å²) in [6.07, 6.45) is 1.10. The number of hydrogen-bond acceptors (Lipinski definition) is 6. The summed E-state index contributed by atoms with van der Waals surface area (Å²) in [5, 5.41) is 7.33. The molecular weight excluding hydrogens is 392 g/mol. The number of ether oxygens (including phenoxy) is 1. The van der Waals surface area contributed by atoms with Gasteiger partial charge in [0, 0.05) is 29.9 Å². The molecule has 0 saturated carbocycles. The lowest BCUT2D eigenvalue weighted by Gasteiger charge is -2.35. The quantitative estimate of drug-likeness (QED) is 0.645. The third kappa shape index (κ3) is 5.11. The highest BCUT2D eigenvalue weighted by Crippen LogP contribution is 2.19. The Morgan fingerprint density at radius 1 is 1.06 bits per heavy atom. The first kappa shape index (κ1) is 21.1. The molecule has 2 atom stereocenters. The van der Waals surface area contributed by atoms with Crippen LogP contribution in [0.5, 0.6) is 0 Å². The summed E-state index contributed by atoms with van der Waals surface area (Å²) in [4.78, 5) is 19.1. The van der Waals surface area contributed by atoms with Crippen molar-refractivity contribution >= 4 is 11.6 Å². The number of anilines is 1. The summed E-state index contributed by atoms with van der Waals surface area (Å²) in [5.41, 5.74) is 3.75.